The summed E-state index contributed by atoms with van der Waals surface area (Å²) in [6.07, 6.45) is 8.36. The van der Waals surface area contributed by atoms with Crippen LogP contribution in [0.4, 0.5) is 0 Å². The quantitative estimate of drug-likeness (QED) is 0.243. The number of rotatable bonds is 8. The van der Waals surface area contributed by atoms with Gasteiger partial charge in [-0.05, 0) is 74.8 Å². The summed E-state index contributed by atoms with van der Waals surface area (Å²) in [7, 11) is 1.98. The third-order valence-corrected chi connectivity index (χ3v) is 8.05. The maximum Gasteiger partial charge on any atom is 0.202 e. The normalized spacial score (nSPS) is 16.3. The van der Waals surface area contributed by atoms with Crippen molar-refractivity contribution >= 4 is 35.3 Å². The van der Waals surface area contributed by atoms with Gasteiger partial charge in [-0.3, -0.25) is 0 Å². The Morgan fingerprint density at radius 3 is 2.66 bits per heavy atom. The summed E-state index contributed by atoms with van der Waals surface area (Å²) in [5, 5.41) is 9.55. The van der Waals surface area contributed by atoms with Crippen LogP contribution in [0.2, 0.25) is 0 Å². The lowest BCUT2D eigenvalue weighted by Gasteiger charge is -2.19. The van der Waals surface area contributed by atoms with Crippen LogP contribution in [0.15, 0.2) is 32.5 Å². The molecule has 0 amide bonds. The Morgan fingerprint density at radius 2 is 1.91 bits per heavy atom. The summed E-state index contributed by atoms with van der Waals surface area (Å²) >= 11 is 1.74. The van der Waals surface area contributed by atoms with Crippen LogP contribution in [0.3, 0.4) is 0 Å². The summed E-state index contributed by atoms with van der Waals surface area (Å²) in [5.41, 5.74) is 5.68. The van der Waals surface area contributed by atoms with Gasteiger partial charge in [-0.25, -0.2) is 9.97 Å². The lowest BCUT2D eigenvalue weighted by atomic mass is 10.0. The van der Waals surface area contributed by atoms with E-state index in [2.05, 4.69) is 32.2 Å². The van der Waals surface area contributed by atoms with E-state index < -0.39 is 0 Å². The first-order valence-electron chi connectivity index (χ1n) is 12.2. The van der Waals surface area contributed by atoms with Gasteiger partial charge >= 0.3 is 0 Å². The Balaban J connectivity index is 0.00000253. The highest BCUT2D eigenvalue weighted by molar-refractivity contribution is 7.99. The van der Waals surface area contributed by atoms with Crippen LogP contribution < -0.4 is 0 Å². The highest BCUT2D eigenvalue weighted by atomic mass is 35.5. The van der Waals surface area contributed by atoms with Gasteiger partial charge in [-0.2, -0.15) is 0 Å². The van der Waals surface area contributed by atoms with E-state index in [1.165, 1.54) is 30.4 Å². The van der Waals surface area contributed by atoms with E-state index in [-0.39, 0.29) is 12.4 Å². The van der Waals surface area contributed by atoms with E-state index in [1.54, 1.807) is 11.8 Å². The Labute approximate surface area is 215 Å². The molecule has 1 aliphatic heterocycles. The summed E-state index contributed by atoms with van der Waals surface area (Å²) in [4.78, 5) is 11.5. The van der Waals surface area contributed by atoms with E-state index in [0.29, 0.717) is 5.76 Å². The van der Waals surface area contributed by atoms with Crippen LogP contribution in [0.25, 0.3) is 22.7 Å². The van der Waals surface area contributed by atoms with Crippen molar-refractivity contribution in [2.24, 2.45) is 13.0 Å². The molecule has 6 rings (SSSR count). The molecule has 10 heteroatoms. The molecule has 3 aromatic heterocycles. The van der Waals surface area contributed by atoms with Crippen molar-refractivity contribution in [3.63, 3.8) is 0 Å². The highest BCUT2D eigenvalue weighted by Gasteiger charge is 2.24. The Kier molecular flexibility index (Phi) is 7.18. The van der Waals surface area contributed by atoms with Crippen LogP contribution in [0.5, 0.6) is 0 Å². The average molecular weight is 515 g/mol. The number of nitrogens with zero attached hydrogens (tertiary/aromatic N) is 6. The van der Waals surface area contributed by atoms with Crippen molar-refractivity contribution in [1.82, 2.24) is 29.6 Å². The number of benzene rings is 1. The highest BCUT2D eigenvalue weighted by Crippen LogP contribution is 2.34. The second-order valence-corrected chi connectivity index (χ2v) is 10.6. The zero-order valence-corrected chi connectivity index (χ0v) is 21.8. The third kappa shape index (κ3) is 5.27. The molecule has 0 N–H and O–H groups in total. The second-order valence-electron chi connectivity index (χ2n) is 9.52. The minimum absolute atomic E-state index is 0. The van der Waals surface area contributed by atoms with E-state index in [4.69, 9.17) is 13.8 Å². The van der Waals surface area contributed by atoms with Crippen molar-refractivity contribution in [2.45, 2.75) is 50.6 Å². The first kappa shape index (κ1) is 24.3. The van der Waals surface area contributed by atoms with Gasteiger partial charge in [-0.1, -0.05) is 11.8 Å². The molecule has 4 aromatic rings. The molecule has 0 radical (unpaired) electrons. The van der Waals surface area contributed by atoms with Gasteiger partial charge in [0, 0.05) is 32.3 Å². The molecule has 0 bridgehead atoms. The minimum Gasteiger partial charge on any atom is -0.441 e. The molecule has 2 aliphatic rings. The number of thioether (sulfide) groups is 1. The lowest BCUT2D eigenvalue weighted by Crippen LogP contribution is -2.27. The topological polar surface area (TPSA) is 86.0 Å². The fourth-order valence-corrected chi connectivity index (χ4v) is 5.56. The molecule has 1 saturated carbocycles. The van der Waals surface area contributed by atoms with Gasteiger partial charge in [0.25, 0.3) is 0 Å². The standard InChI is InChI=1S/C25H30N6O2S.ClH/c1-16-23(32-15-26-16)24-28-29-25(30(24)2)34-11-3-8-31-9-6-18-13-20-21(14-19(18)7-10-31)33-22(27-20)12-17-4-5-17;/h13-15,17H,3-12H2,1-2H3;1H. The number of aryl methyl sites for hydroxylation is 1. The third-order valence-electron chi connectivity index (χ3n) is 6.94. The SMILES string of the molecule is Cc1ncoc1-c1nnc(SCCCN2CCc3cc4nc(CC5CC5)oc4cc3CC2)n1C.Cl. The van der Waals surface area contributed by atoms with Gasteiger partial charge in [0.05, 0.1) is 5.69 Å². The maximum absolute atomic E-state index is 6.07. The first-order chi connectivity index (χ1) is 16.6. The summed E-state index contributed by atoms with van der Waals surface area (Å²) in [5.74, 6) is 4.13. The largest absolute Gasteiger partial charge is 0.441 e. The van der Waals surface area contributed by atoms with E-state index in [9.17, 15) is 0 Å². The molecule has 186 valence electrons. The van der Waals surface area contributed by atoms with Crippen LogP contribution in [0, 0.1) is 12.8 Å². The van der Waals surface area contributed by atoms with Gasteiger partial charge in [0.15, 0.2) is 28.8 Å². The zero-order valence-electron chi connectivity index (χ0n) is 20.2. The average Bonchev–Trinajstić information content (AvgIpc) is 3.31. The number of hydrogen-bond acceptors (Lipinski definition) is 8. The van der Waals surface area contributed by atoms with Crippen molar-refractivity contribution in [2.75, 3.05) is 25.4 Å². The zero-order chi connectivity index (χ0) is 23.1. The predicted octanol–water partition coefficient (Wildman–Crippen LogP) is 4.88. The number of oxazole rings is 2. The maximum atomic E-state index is 6.07. The summed E-state index contributed by atoms with van der Waals surface area (Å²) in [6, 6.07) is 4.52. The van der Waals surface area contributed by atoms with Gasteiger partial charge < -0.3 is 18.3 Å². The number of halogens is 1. The molecule has 8 nitrogen and oxygen atoms in total. The smallest absolute Gasteiger partial charge is 0.202 e. The van der Waals surface area contributed by atoms with E-state index in [0.717, 1.165) is 90.7 Å². The molecule has 0 atom stereocenters. The van der Waals surface area contributed by atoms with Crippen molar-refractivity contribution in [3.8, 4) is 11.6 Å². The number of aromatic nitrogens is 5. The molecule has 0 spiro atoms. The Hall–Kier alpha value is -2.36. The molecular formula is C25H31ClN6O2S. The fourth-order valence-electron chi connectivity index (χ4n) is 4.73. The molecule has 0 unspecified atom stereocenters. The van der Waals surface area contributed by atoms with Crippen LogP contribution in [0.1, 0.15) is 42.0 Å². The molecule has 1 aromatic carbocycles. The summed E-state index contributed by atoms with van der Waals surface area (Å²) in [6.45, 7) is 5.19. The van der Waals surface area contributed by atoms with Crippen LogP contribution >= 0.6 is 24.2 Å². The molecule has 0 saturated heterocycles. The molecule has 35 heavy (non-hydrogen) atoms. The second kappa shape index (κ2) is 10.3. The molecule has 1 fully saturated rings. The van der Waals surface area contributed by atoms with Gasteiger partial charge in [-0.15, -0.1) is 22.6 Å². The van der Waals surface area contributed by atoms with Gasteiger partial charge in [0.2, 0.25) is 5.82 Å². The fraction of sp³-hybridized carbons (Fsp3) is 0.520. The number of fused-ring (bicyclic) bond motifs is 2. The monoisotopic (exact) mass is 514 g/mol. The Bertz CT molecular complexity index is 1270. The van der Waals surface area contributed by atoms with Crippen molar-refractivity contribution in [3.05, 3.63) is 41.2 Å². The first-order valence-corrected chi connectivity index (χ1v) is 13.2. The van der Waals surface area contributed by atoms with Crippen LogP contribution in [-0.4, -0.2) is 55.0 Å². The molecule has 4 heterocycles. The molecular weight excluding hydrogens is 484 g/mol. The van der Waals surface area contributed by atoms with Gasteiger partial charge in [0.1, 0.15) is 5.52 Å². The predicted molar refractivity (Wildman–Crippen MR) is 138 cm³/mol. The van der Waals surface area contributed by atoms with Crippen molar-refractivity contribution in [1.29, 1.82) is 0 Å². The van der Waals surface area contributed by atoms with Crippen molar-refractivity contribution < 1.29 is 8.83 Å². The Morgan fingerprint density at radius 1 is 1.11 bits per heavy atom. The van der Waals surface area contributed by atoms with E-state index in [1.807, 2.05) is 18.5 Å². The lowest BCUT2D eigenvalue weighted by molar-refractivity contribution is 0.289. The van der Waals surface area contributed by atoms with Crippen LogP contribution in [-0.2, 0) is 26.3 Å². The number of hydrogen-bond donors (Lipinski definition) is 0. The molecule has 1 aliphatic carbocycles. The van der Waals surface area contributed by atoms with E-state index >= 15 is 0 Å². The minimum atomic E-state index is 0. The summed E-state index contributed by atoms with van der Waals surface area (Å²) < 4.78 is 13.5.